The van der Waals surface area contributed by atoms with Crippen molar-refractivity contribution in [2.75, 3.05) is 27.3 Å². The third-order valence-electron chi connectivity index (χ3n) is 15.6. The van der Waals surface area contributed by atoms with Crippen LogP contribution in [-0.4, -0.2) is 162 Å². The number of rotatable bonds is 28. The van der Waals surface area contributed by atoms with Gasteiger partial charge in [0.1, 0.15) is 48.1 Å². The SMILES string of the molecule is COc1ccc(C[C@H]2NC(=O)/C=C/C[C@@H]([C@H](C)[C@H]3O[C@@H]3c3ccc(CCC(=O)[C@H](CCCCNC(=O)[C@H]4O[C@@H](OC)[C@H](O)[C@@H](O)[C@@H]4O)CC(=O)[C@@H](NC(=O)CCCC(=O)O)C(C)C)cc3)OC(=O)[C@H](CC(C)C)OC(=O)C(C)(C)CNC2=O)cc1Cl. The molecule has 0 aliphatic carbocycles. The maximum absolute atomic E-state index is 14.1. The van der Waals surface area contributed by atoms with Gasteiger partial charge in [0.05, 0.1) is 29.7 Å². The van der Waals surface area contributed by atoms with Gasteiger partial charge in [-0.25, -0.2) is 4.79 Å². The molecule has 0 unspecified atom stereocenters. The fraction of sp³-hybridized carbons (Fsp3) is 0.629. The quantitative estimate of drug-likeness (QED) is 0.0334. The molecule has 476 valence electrons. The lowest BCUT2D eigenvalue weighted by Gasteiger charge is -2.38. The number of unbranched alkanes of at least 4 members (excludes halogenated alkanes) is 1. The van der Waals surface area contributed by atoms with Gasteiger partial charge >= 0.3 is 17.9 Å². The third kappa shape index (κ3) is 20.9. The molecule has 5 rings (SSSR count). The third-order valence-corrected chi connectivity index (χ3v) is 15.9. The van der Waals surface area contributed by atoms with Gasteiger partial charge in [-0.1, -0.05) is 89.0 Å². The van der Waals surface area contributed by atoms with E-state index in [1.54, 1.807) is 52.0 Å². The van der Waals surface area contributed by atoms with Gasteiger partial charge in [-0.2, -0.15) is 0 Å². The highest BCUT2D eigenvalue weighted by molar-refractivity contribution is 6.32. The van der Waals surface area contributed by atoms with E-state index in [1.807, 2.05) is 45.0 Å². The number of carboxylic acids is 1. The lowest BCUT2D eigenvalue weighted by atomic mass is 9.85. The molecule has 2 saturated heterocycles. The number of aliphatic hydroxyl groups is 3. The van der Waals surface area contributed by atoms with Gasteiger partial charge in [-0.3, -0.25) is 38.4 Å². The largest absolute Gasteiger partial charge is 0.495 e. The predicted molar refractivity (Wildman–Crippen MR) is 312 cm³/mol. The number of epoxide rings is 1. The minimum absolute atomic E-state index is 0.0521. The minimum atomic E-state index is -1.73. The van der Waals surface area contributed by atoms with Crippen molar-refractivity contribution >= 4 is 64.7 Å². The van der Waals surface area contributed by atoms with Crippen molar-refractivity contribution in [2.45, 2.75) is 193 Å². The van der Waals surface area contributed by atoms with Crippen LogP contribution in [-0.2, 0) is 79.7 Å². The molecule has 86 heavy (non-hydrogen) atoms. The Morgan fingerprint density at radius 2 is 1.53 bits per heavy atom. The molecule has 8 N–H and O–H groups in total. The van der Waals surface area contributed by atoms with E-state index >= 15 is 0 Å². The summed E-state index contributed by atoms with van der Waals surface area (Å²) >= 11 is 6.39. The predicted octanol–water partition coefficient (Wildman–Crippen LogP) is 4.34. The number of amides is 4. The Labute approximate surface area is 507 Å². The van der Waals surface area contributed by atoms with E-state index in [-0.39, 0.29) is 94.3 Å². The van der Waals surface area contributed by atoms with Crippen LogP contribution in [0.5, 0.6) is 5.75 Å². The van der Waals surface area contributed by atoms with Crippen LogP contribution in [0.4, 0.5) is 0 Å². The number of esters is 2. The molecule has 3 aliphatic heterocycles. The van der Waals surface area contributed by atoms with Crippen LogP contribution in [0, 0.1) is 29.1 Å². The Hall–Kier alpha value is -6.34. The van der Waals surface area contributed by atoms with Gasteiger partial charge < -0.3 is 70.1 Å². The first-order chi connectivity index (χ1) is 40.6. The zero-order chi connectivity index (χ0) is 63.6. The van der Waals surface area contributed by atoms with Crippen LogP contribution in [0.1, 0.15) is 135 Å². The number of carboxylic acid groups (broad SMARTS) is 1. The number of cyclic esters (lactones) is 2. The molecule has 0 saturated carbocycles. The molecular formula is C62H87ClN4O19. The second kappa shape index (κ2) is 33.1. The Morgan fingerprint density at radius 1 is 0.837 bits per heavy atom. The van der Waals surface area contributed by atoms with Crippen molar-refractivity contribution in [3.05, 3.63) is 76.3 Å². The van der Waals surface area contributed by atoms with E-state index in [2.05, 4.69) is 21.3 Å². The molecule has 24 heteroatoms. The number of hydrogen-bond donors (Lipinski definition) is 8. The number of aryl methyl sites for hydroxylation is 1. The molecule has 13 atom stereocenters. The average molecular weight is 1230 g/mol. The Kier molecular flexibility index (Phi) is 27.1. The fourth-order valence-electron chi connectivity index (χ4n) is 10.3. The summed E-state index contributed by atoms with van der Waals surface area (Å²) in [5, 5.41) is 51.0. The molecular weight excluding hydrogens is 1140 g/mol. The molecule has 0 bridgehead atoms. The van der Waals surface area contributed by atoms with Crippen molar-refractivity contribution in [1.29, 1.82) is 0 Å². The molecule has 4 amide bonds. The molecule has 0 radical (unpaired) electrons. The maximum Gasteiger partial charge on any atom is 0.347 e. The van der Waals surface area contributed by atoms with E-state index in [1.165, 1.54) is 20.3 Å². The van der Waals surface area contributed by atoms with Crippen LogP contribution in [0.3, 0.4) is 0 Å². The molecule has 0 spiro atoms. The first-order valence-electron chi connectivity index (χ1n) is 29.4. The highest BCUT2D eigenvalue weighted by Crippen LogP contribution is 2.45. The van der Waals surface area contributed by atoms with E-state index in [9.17, 15) is 58.5 Å². The number of carbonyl (C=O) groups is 9. The summed E-state index contributed by atoms with van der Waals surface area (Å²) in [4.78, 5) is 120. The van der Waals surface area contributed by atoms with Gasteiger partial charge in [0.25, 0.3) is 5.91 Å². The average Bonchev–Trinajstić information content (AvgIpc) is 1.95. The molecule has 2 aromatic rings. The zero-order valence-electron chi connectivity index (χ0n) is 50.5. The number of aliphatic hydroxyl groups excluding tert-OH is 3. The Balaban J connectivity index is 1.27. The standard InChI is InChI=1S/C62H87ClN4O19/c1-33(2)28-46-59(79)83-44(15-12-16-47(70)66-41(30-37-22-26-45(81-8)40(63)29-37)57(77)65-32-62(6,7)61(80)84-46)35(5)54-55(85-54)38-23-19-36(20-24-38)21-25-42(68)39(31-43(69)50(34(3)4)67-48(71)17-13-18-49(72)73)14-10-11-27-64-58(78)56-52(75)51(74)53(76)60(82-9)86-56/h12,16,19-20,22-24,26,29,33-35,39,41,44,46,50-56,60,74-76H,10-11,13-15,17-18,21,25,27-28,30-32H2,1-9H3,(H,64,78)(H,65,77)(H,66,70)(H,67,71)(H,72,73)/b16-12+/t35-,39+,41+,44-,46-,50-,51-,52-,53+,54+,55+,56-,60+/m0/s1. The number of ketones is 2. The molecule has 3 aliphatic rings. The highest BCUT2D eigenvalue weighted by Gasteiger charge is 2.49. The number of hydrogen-bond acceptors (Lipinski definition) is 18. The number of benzene rings is 2. The summed E-state index contributed by atoms with van der Waals surface area (Å²) in [7, 11) is 2.69. The maximum atomic E-state index is 14.1. The summed E-state index contributed by atoms with van der Waals surface area (Å²) in [6.45, 7) is 12.2. The smallest absolute Gasteiger partial charge is 0.347 e. The van der Waals surface area contributed by atoms with Crippen molar-refractivity contribution in [3.8, 4) is 5.75 Å². The monoisotopic (exact) mass is 1230 g/mol. The van der Waals surface area contributed by atoms with E-state index in [4.69, 9.17) is 45.1 Å². The molecule has 2 aromatic carbocycles. The second-order valence-electron chi connectivity index (χ2n) is 23.9. The fourth-order valence-corrected chi connectivity index (χ4v) is 10.5. The lowest BCUT2D eigenvalue weighted by Crippen LogP contribution is -2.61. The summed E-state index contributed by atoms with van der Waals surface area (Å²) in [5.41, 5.74) is 0.946. The normalized spacial score (nSPS) is 26.0. The Morgan fingerprint density at radius 3 is 2.17 bits per heavy atom. The van der Waals surface area contributed by atoms with Crippen LogP contribution in [0.15, 0.2) is 54.6 Å². The zero-order valence-corrected chi connectivity index (χ0v) is 51.3. The van der Waals surface area contributed by atoms with Crippen LogP contribution in [0.25, 0.3) is 0 Å². The topological polar surface area (TPSA) is 341 Å². The summed E-state index contributed by atoms with van der Waals surface area (Å²) in [6.07, 6.45) is -6.93. The van der Waals surface area contributed by atoms with Crippen molar-refractivity contribution in [3.63, 3.8) is 0 Å². The molecule has 23 nitrogen and oxygen atoms in total. The molecule has 0 aromatic heterocycles. The van der Waals surface area contributed by atoms with Gasteiger partial charge in [0.15, 0.2) is 24.3 Å². The number of nitrogens with one attached hydrogen (secondary N) is 4. The highest BCUT2D eigenvalue weighted by atomic mass is 35.5. The van der Waals surface area contributed by atoms with Crippen molar-refractivity contribution < 1.29 is 92.0 Å². The van der Waals surface area contributed by atoms with E-state index in [0.29, 0.717) is 35.6 Å². The van der Waals surface area contributed by atoms with Crippen LogP contribution >= 0.6 is 11.6 Å². The molecule has 2 fully saturated rings. The van der Waals surface area contributed by atoms with Crippen molar-refractivity contribution in [1.82, 2.24) is 21.3 Å². The van der Waals surface area contributed by atoms with Crippen LogP contribution < -0.4 is 26.0 Å². The summed E-state index contributed by atoms with van der Waals surface area (Å²) in [5.74, 6) is -6.75. The Bertz CT molecular complexity index is 2700. The van der Waals surface area contributed by atoms with Gasteiger partial charge in [0.2, 0.25) is 17.7 Å². The summed E-state index contributed by atoms with van der Waals surface area (Å²) < 4.78 is 33.9. The minimum Gasteiger partial charge on any atom is -0.495 e. The number of ether oxygens (including phenoxy) is 6. The number of halogens is 1. The van der Waals surface area contributed by atoms with E-state index < -0.39 is 126 Å². The number of aliphatic carboxylic acids is 1. The summed E-state index contributed by atoms with van der Waals surface area (Å²) in [6, 6.07) is 10.5. The van der Waals surface area contributed by atoms with E-state index in [0.717, 1.165) is 11.1 Å². The number of carbonyl (C=O) groups excluding carboxylic acids is 8. The van der Waals surface area contributed by atoms with Gasteiger partial charge in [0, 0.05) is 70.6 Å². The second-order valence-corrected chi connectivity index (χ2v) is 24.3. The van der Waals surface area contributed by atoms with Gasteiger partial charge in [-0.05, 0) is 92.7 Å². The van der Waals surface area contributed by atoms with Crippen molar-refractivity contribution in [2.24, 2.45) is 29.1 Å². The number of Topliss-reactive ketones (excluding diaryl/α,β-unsaturated/α-hetero) is 2. The first-order valence-corrected chi connectivity index (χ1v) is 29.8. The lowest BCUT2D eigenvalue weighted by molar-refractivity contribution is -0.283. The number of methoxy groups -OCH3 is 2. The van der Waals surface area contributed by atoms with Gasteiger partial charge in [-0.15, -0.1) is 0 Å². The molecule has 3 heterocycles. The van der Waals surface area contributed by atoms with Crippen LogP contribution in [0.2, 0.25) is 5.02 Å². The first kappa shape index (κ1) is 70.4.